The van der Waals surface area contributed by atoms with Crippen LogP contribution in [0.5, 0.6) is 0 Å². The predicted molar refractivity (Wildman–Crippen MR) is 89.9 cm³/mol. The maximum Gasteiger partial charge on any atom is 0.293 e. The standard InChI is InChI=1S/C17H17F2N5O2/c1-10(26-9-25)16-23-12-7-22-11-3-2-5-21-14(11)15(12)24(16)13-4-6-20-8-17(13,18)19/h2-3,5,7,9-10,13,20H,4,6,8H2,1H3/t10-,13?/m1/s1. The Morgan fingerprint density at radius 1 is 1.42 bits per heavy atom. The summed E-state index contributed by atoms with van der Waals surface area (Å²) in [5.74, 6) is -2.72. The van der Waals surface area contributed by atoms with Gasteiger partial charge in [0, 0.05) is 6.20 Å². The van der Waals surface area contributed by atoms with Gasteiger partial charge in [0.15, 0.2) is 11.9 Å². The van der Waals surface area contributed by atoms with Gasteiger partial charge in [0.05, 0.1) is 23.8 Å². The van der Waals surface area contributed by atoms with E-state index in [9.17, 15) is 13.6 Å². The minimum atomic E-state index is -2.98. The smallest absolute Gasteiger partial charge is 0.293 e. The Hall–Kier alpha value is -2.68. The maximum atomic E-state index is 14.7. The Bertz CT molecular complexity index is 974. The van der Waals surface area contributed by atoms with E-state index in [0.717, 1.165) is 0 Å². The normalized spacial score (nSPS) is 21.0. The van der Waals surface area contributed by atoms with Crippen LogP contribution in [0.2, 0.25) is 0 Å². The van der Waals surface area contributed by atoms with Crippen molar-refractivity contribution in [1.82, 2.24) is 24.8 Å². The number of hydrogen-bond acceptors (Lipinski definition) is 6. The summed E-state index contributed by atoms with van der Waals surface area (Å²) in [7, 11) is 0. The molecule has 1 unspecified atom stereocenters. The number of aromatic nitrogens is 4. The van der Waals surface area contributed by atoms with E-state index in [4.69, 9.17) is 4.74 Å². The molecule has 0 radical (unpaired) electrons. The largest absolute Gasteiger partial charge is 0.457 e. The quantitative estimate of drug-likeness (QED) is 0.719. The van der Waals surface area contributed by atoms with Crippen molar-refractivity contribution in [3.05, 3.63) is 30.4 Å². The molecule has 7 nitrogen and oxygen atoms in total. The molecule has 136 valence electrons. The molecule has 0 saturated carbocycles. The third-order valence-corrected chi connectivity index (χ3v) is 4.68. The minimum absolute atomic E-state index is 0.218. The summed E-state index contributed by atoms with van der Waals surface area (Å²) in [6, 6.07) is 2.39. The van der Waals surface area contributed by atoms with Gasteiger partial charge < -0.3 is 14.6 Å². The second-order valence-electron chi connectivity index (χ2n) is 6.32. The van der Waals surface area contributed by atoms with E-state index >= 15 is 0 Å². The average molecular weight is 361 g/mol. The van der Waals surface area contributed by atoms with Gasteiger partial charge in [-0.2, -0.15) is 0 Å². The molecular formula is C17H17F2N5O2. The highest BCUT2D eigenvalue weighted by molar-refractivity contribution is 5.99. The van der Waals surface area contributed by atoms with E-state index in [0.29, 0.717) is 35.1 Å². The molecule has 0 amide bonds. The SMILES string of the molecule is C[C@@H](OC=O)c1nc2cnc3cccnc3c2n1C1CCNCC1(F)F. The number of carbonyl (C=O) groups is 1. The lowest BCUT2D eigenvalue weighted by Gasteiger charge is -2.34. The summed E-state index contributed by atoms with van der Waals surface area (Å²) < 4.78 is 36.0. The van der Waals surface area contributed by atoms with E-state index in [1.165, 1.54) is 10.8 Å². The number of fused-ring (bicyclic) bond motifs is 3. The summed E-state index contributed by atoms with van der Waals surface area (Å²) in [6.45, 7) is 1.94. The number of pyridine rings is 2. The number of imidazole rings is 1. The molecule has 1 aliphatic heterocycles. The Morgan fingerprint density at radius 2 is 2.27 bits per heavy atom. The van der Waals surface area contributed by atoms with E-state index in [1.807, 2.05) is 0 Å². The molecule has 26 heavy (non-hydrogen) atoms. The Labute approximate surface area is 147 Å². The molecule has 3 aromatic heterocycles. The first-order valence-corrected chi connectivity index (χ1v) is 8.32. The third-order valence-electron chi connectivity index (χ3n) is 4.68. The van der Waals surface area contributed by atoms with Crippen LogP contribution < -0.4 is 5.32 Å². The fourth-order valence-electron chi connectivity index (χ4n) is 3.49. The number of piperidine rings is 1. The molecule has 1 fully saturated rings. The van der Waals surface area contributed by atoms with Gasteiger partial charge in [-0.15, -0.1) is 0 Å². The molecule has 0 aromatic carbocycles. The third kappa shape index (κ3) is 2.59. The lowest BCUT2D eigenvalue weighted by molar-refractivity contribution is -0.133. The summed E-state index contributed by atoms with van der Waals surface area (Å²) in [5.41, 5.74) is 2.02. The van der Waals surface area contributed by atoms with Crippen LogP contribution in [0.15, 0.2) is 24.5 Å². The van der Waals surface area contributed by atoms with E-state index in [1.54, 1.807) is 25.3 Å². The molecule has 1 saturated heterocycles. The lowest BCUT2D eigenvalue weighted by atomic mass is 10.0. The van der Waals surface area contributed by atoms with Crippen LogP contribution in [0.4, 0.5) is 8.78 Å². The van der Waals surface area contributed by atoms with Crippen molar-refractivity contribution in [1.29, 1.82) is 0 Å². The van der Waals surface area contributed by atoms with Gasteiger partial charge in [0.2, 0.25) is 0 Å². The Morgan fingerprint density at radius 3 is 3.04 bits per heavy atom. The van der Waals surface area contributed by atoms with E-state index < -0.39 is 24.6 Å². The van der Waals surface area contributed by atoms with E-state index in [2.05, 4.69) is 20.3 Å². The van der Waals surface area contributed by atoms with Gasteiger partial charge in [-0.1, -0.05) is 0 Å². The average Bonchev–Trinajstić information content (AvgIpc) is 3.01. The second kappa shape index (κ2) is 6.24. The summed E-state index contributed by atoms with van der Waals surface area (Å²) in [5, 5.41) is 2.73. The summed E-state index contributed by atoms with van der Waals surface area (Å²) in [6.07, 6.45) is 2.57. The van der Waals surface area contributed by atoms with Crippen molar-refractivity contribution in [2.75, 3.05) is 13.1 Å². The van der Waals surface area contributed by atoms with Crippen molar-refractivity contribution < 1.29 is 18.3 Å². The maximum absolute atomic E-state index is 14.7. The Balaban J connectivity index is 2.04. The topological polar surface area (TPSA) is 81.9 Å². The first kappa shape index (κ1) is 16.8. The number of alkyl halides is 2. The molecule has 0 spiro atoms. The minimum Gasteiger partial charge on any atom is -0.457 e. The van der Waals surface area contributed by atoms with Crippen LogP contribution in [0.1, 0.15) is 31.3 Å². The highest BCUT2D eigenvalue weighted by atomic mass is 19.3. The summed E-state index contributed by atoms with van der Waals surface area (Å²) >= 11 is 0. The molecule has 4 rings (SSSR count). The van der Waals surface area contributed by atoms with Gasteiger partial charge >= 0.3 is 0 Å². The second-order valence-corrected chi connectivity index (χ2v) is 6.32. The van der Waals surface area contributed by atoms with Crippen molar-refractivity contribution in [3.63, 3.8) is 0 Å². The molecule has 1 N–H and O–H groups in total. The van der Waals surface area contributed by atoms with Gasteiger partial charge in [0.25, 0.3) is 12.4 Å². The number of rotatable bonds is 4. The Kier molecular flexibility index (Phi) is 4.03. The van der Waals surface area contributed by atoms with Gasteiger partial charge in [0.1, 0.15) is 17.1 Å². The molecule has 1 aliphatic rings. The zero-order valence-electron chi connectivity index (χ0n) is 14.0. The van der Waals surface area contributed by atoms with Crippen LogP contribution >= 0.6 is 0 Å². The molecule has 4 heterocycles. The van der Waals surface area contributed by atoms with Gasteiger partial charge in [-0.25, -0.2) is 13.8 Å². The van der Waals surface area contributed by atoms with Crippen molar-refractivity contribution in [2.24, 2.45) is 0 Å². The van der Waals surface area contributed by atoms with Crippen LogP contribution in [0, 0.1) is 0 Å². The number of hydrogen-bond donors (Lipinski definition) is 1. The van der Waals surface area contributed by atoms with Crippen LogP contribution in [-0.2, 0) is 9.53 Å². The van der Waals surface area contributed by atoms with Gasteiger partial charge in [-0.05, 0) is 32.0 Å². The number of halogens is 2. The highest BCUT2D eigenvalue weighted by Gasteiger charge is 2.45. The number of ether oxygens (including phenoxy) is 1. The van der Waals surface area contributed by atoms with Crippen molar-refractivity contribution in [2.45, 2.75) is 31.4 Å². The molecule has 0 aliphatic carbocycles. The molecular weight excluding hydrogens is 344 g/mol. The lowest BCUT2D eigenvalue weighted by Crippen LogP contribution is -2.47. The van der Waals surface area contributed by atoms with Gasteiger partial charge in [-0.3, -0.25) is 14.8 Å². The fourth-order valence-corrected chi connectivity index (χ4v) is 3.49. The van der Waals surface area contributed by atoms with E-state index in [-0.39, 0.29) is 12.2 Å². The number of nitrogens with zero attached hydrogens (tertiary/aromatic N) is 4. The molecule has 9 heteroatoms. The first-order valence-electron chi connectivity index (χ1n) is 8.32. The van der Waals surface area contributed by atoms with Crippen LogP contribution in [-0.4, -0.2) is 45.0 Å². The number of nitrogens with one attached hydrogen (secondary N) is 1. The molecule has 3 aromatic rings. The highest BCUT2D eigenvalue weighted by Crippen LogP contribution is 2.39. The zero-order valence-corrected chi connectivity index (χ0v) is 14.0. The van der Waals surface area contributed by atoms with Crippen LogP contribution in [0.3, 0.4) is 0 Å². The monoisotopic (exact) mass is 361 g/mol. The summed E-state index contributed by atoms with van der Waals surface area (Å²) in [4.78, 5) is 23.9. The zero-order chi connectivity index (χ0) is 18.3. The molecule has 0 bridgehead atoms. The van der Waals surface area contributed by atoms with Crippen LogP contribution in [0.25, 0.3) is 22.1 Å². The fraction of sp³-hybridized carbons (Fsp3) is 0.412. The first-order chi connectivity index (χ1) is 12.5. The van der Waals surface area contributed by atoms with Crippen molar-refractivity contribution >= 4 is 28.5 Å². The van der Waals surface area contributed by atoms with Crippen molar-refractivity contribution in [3.8, 4) is 0 Å². The predicted octanol–water partition coefficient (Wildman–Crippen LogP) is 2.38. The molecule has 2 atom stereocenters. The number of carbonyl (C=O) groups excluding carboxylic acids is 1.